The maximum atomic E-state index is 6.65. The molecule has 164 valence electrons. The lowest BCUT2D eigenvalue weighted by Crippen LogP contribution is -2.32. The van der Waals surface area contributed by atoms with Crippen molar-refractivity contribution < 1.29 is 9.47 Å². The molecule has 7 heteroatoms. The summed E-state index contributed by atoms with van der Waals surface area (Å²) >= 11 is 3.65. The summed E-state index contributed by atoms with van der Waals surface area (Å²) in [6, 6.07) is 22.5. The van der Waals surface area contributed by atoms with Gasteiger partial charge in [0.2, 0.25) is 5.95 Å². The standard InChI is InChI=1S/C26H21BrN4O2/c1-15-7-9-16(10-8-15)25-22-23(18-5-3-4-6-20(18)33-25)30-26-28-14-29-31(26)24(22)17-11-12-21(32-2)19(27)13-17/h3-14,24-25H,1-2H3,(H,28,29,30). The molecule has 1 aromatic heterocycles. The van der Waals surface area contributed by atoms with Gasteiger partial charge in [-0.1, -0.05) is 48.0 Å². The summed E-state index contributed by atoms with van der Waals surface area (Å²) in [4.78, 5) is 4.49. The number of hydrogen-bond donors (Lipinski definition) is 1. The lowest BCUT2D eigenvalue weighted by molar-refractivity contribution is 0.223. The van der Waals surface area contributed by atoms with Gasteiger partial charge in [-0.15, -0.1) is 0 Å². The predicted molar refractivity (Wildman–Crippen MR) is 130 cm³/mol. The number of ether oxygens (including phenoxy) is 2. The Morgan fingerprint density at radius 2 is 1.82 bits per heavy atom. The minimum atomic E-state index is -0.286. The number of para-hydroxylation sites is 1. The molecule has 2 aliphatic rings. The van der Waals surface area contributed by atoms with Crippen LogP contribution in [0.1, 0.15) is 34.4 Å². The van der Waals surface area contributed by atoms with E-state index in [2.05, 4.69) is 80.7 Å². The van der Waals surface area contributed by atoms with E-state index in [1.54, 1.807) is 13.4 Å². The third-order valence-corrected chi connectivity index (χ3v) is 6.81. The van der Waals surface area contributed by atoms with E-state index < -0.39 is 0 Å². The second-order valence-corrected chi connectivity index (χ2v) is 9.04. The molecule has 0 radical (unpaired) electrons. The molecule has 0 saturated heterocycles. The van der Waals surface area contributed by atoms with Crippen LogP contribution < -0.4 is 14.8 Å². The molecule has 0 bridgehead atoms. The number of halogens is 1. The monoisotopic (exact) mass is 500 g/mol. The van der Waals surface area contributed by atoms with E-state index in [9.17, 15) is 0 Å². The molecule has 2 aliphatic heterocycles. The smallest absolute Gasteiger partial charge is 0.226 e. The highest BCUT2D eigenvalue weighted by Crippen LogP contribution is 2.51. The molecule has 3 heterocycles. The van der Waals surface area contributed by atoms with E-state index in [1.807, 2.05) is 28.9 Å². The van der Waals surface area contributed by atoms with E-state index in [0.29, 0.717) is 5.95 Å². The topological polar surface area (TPSA) is 61.2 Å². The number of nitrogens with zero attached hydrogens (tertiary/aromatic N) is 3. The third-order valence-electron chi connectivity index (χ3n) is 6.19. The van der Waals surface area contributed by atoms with Gasteiger partial charge in [-0.05, 0) is 58.2 Å². The van der Waals surface area contributed by atoms with Gasteiger partial charge >= 0.3 is 0 Å². The van der Waals surface area contributed by atoms with Gasteiger partial charge in [0.25, 0.3) is 0 Å². The van der Waals surface area contributed by atoms with Crippen molar-refractivity contribution in [1.29, 1.82) is 0 Å². The molecule has 0 aliphatic carbocycles. The van der Waals surface area contributed by atoms with Gasteiger partial charge < -0.3 is 14.8 Å². The zero-order valence-electron chi connectivity index (χ0n) is 18.1. The summed E-state index contributed by atoms with van der Waals surface area (Å²) in [6.07, 6.45) is 1.30. The minimum Gasteiger partial charge on any atom is -0.496 e. The maximum Gasteiger partial charge on any atom is 0.226 e. The fraction of sp³-hybridized carbons (Fsp3) is 0.154. The van der Waals surface area contributed by atoms with E-state index in [-0.39, 0.29) is 12.1 Å². The van der Waals surface area contributed by atoms with Crippen molar-refractivity contribution >= 4 is 27.6 Å². The summed E-state index contributed by atoms with van der Waals surface area (Å²) in [5, 5.41) is 8.12. The zero-order valence-corrected chi connectivity index (χ0v) is 19.7. The van der Waals surface area contributed by atoms with Gasteiger partial charge in [0.05, 0.1) is 17.3 Å². The highest BCUT2D eigenvalue weighted by molar-refractivity contribution is 9.10. The minimum absolute atomic E-state index is 0.208. The van der Waals surface area contributed by atoms with Gasteiger partial charge in [0.15, 0.2) is 0 Å². The molecule has 4 aromatic rings. The first-order valence-electron chi connectivity index (χ1n) is 10.7. The Kier molecular flexibility index (Phi) is 4.73. The third kappa shape index (κ3) is 3.23. The summed E-state index contributed by atoms with van der Waals surface area (Å²) < 4.78 is 14.9. The maximum absolute atomic E-state index is 6.65. The summed E-state index contributed by atoms with van der Waals surface area (Å²) in [5.41, 5.74) is 6.48. The number of aryl methyl sites for hydroxylation is 1. The lowest BCUT2D eigenvalue weighted by Gasteiger charge is -2.39. The zero-order chi connectivity index (χ0) is 22.5. The van der Waals surface area contributed by atoms with Crippen LogP contribution in [0.4, 0.5) is 5.95 Å². The highest BCUT2D eigenvalue weighted by Gasteiger charge is 2.41. The van der Waals surface area contributed by atoms with Gasteiger partial charge in [0.1, 0.15) is 30.0 Å². The SMILES string of the molecule is COc1ccc(C2C3=C(Nc4ncnn42)c2ccccc2OC3c2ccc(C)cc2)cc1Br. The van der Waals surface area contributed by atoms with Crippen LogP contribution >= 0.6 is 15.9 Å². The number of benzene rings is 3. The van der Waals surface area contributed by atoms with E-state index in [4.69, 9.17) is 9.47 Å². The molecular weight excluding hydrogens is 480 g/mol. The second-order valence-electron chi connectivity index (χ2n) is 8.18. The number of rotatable bonds is 3. The van der Waals surface area contributed by atoms with Crippen LogP contribution in [0, 0.1) is 6.92 Å². The van der Waals surface area contributed by atoms with Crippen LogP contribution in [0.2, 0.25) is 0 Å². The van der Waals surface area contributed by atoms with E-state index in [0.717, 1.165) is 43.9 Å². The molecule has 0 fully saturated rings. The van der Waals surface area contributed by atoms with Crippen LogP contribution in [-0.4, -0.2) is 21.9 Å². The number of nitrogens with one attached hydrogen (secondary N) is 1. The second kappa shape index (κ2) is 7.78. The molecule has 1 N–H and O–H groups in total. The molecule has 6 nitrogen and oxygen atoms in total. The molecule has 2 unspecified atom stereocenters. The number of aromatic nitrogens is 3. The van der Waals surface area contributed by atoms with Crippen LogP contribution in [0.15, 0.2) is 83.1 Å². The Bertz CT molecular complexity index is 1390. The molecule has 0 amide bonds. The number of anilines is 1. The Morgan fingerprint density at radius 1 is 1.03 bits per heavy atom. The van der Waals surface area contributed by atoms with Crippen molar-refractivity contribution in [1.82, 2.24) is 14.8 Å². The predicted octanol–water partition coefficient (Wildman–Crippen LogP) is 5.92. The quantitative estimate of drug-likeness (QED) is 0.378. The van der Waals surface area contributed by atoms with Gasteiger partial charge in [-0.3, -0.25) is 0 Å². The normalized spacial score (nSPS) is 18.5. The Balaban J connectivity index is 1.61. The van der Waals surface area contributed by atoms with Crippen LogP contribution in [0.3, 0.4) is 0 Å². The fourth-order valence-corrected chi connectivity index (χ4v) is 5.17. The van der Waals surface area contributed by atoms with Crippen molar-refractivity contribution in [2.45, 2.75) is 19.1 Å². The van der Waals surface area contributed by atoms with Crippen molar-refractivity contribution in [2.75, 3.05) is 12.4 Å². The highest BCUT2D eigenvalue weighted by atomic mass is 79.9. The summed E-state index contributed by atoms with van der Waals surface area (Å²) in [6.45, 7) is 2.09. The van der Waals surface area contributed by atoms with Crippen LogP contribution in [0.5, 0.6) is 11.5 Å². The average Bonchev–Trinajstić information content (AvgIpc) is 3.31. The van der Waals surface area contributed by atoms with Crippen LogP contribution in [-0.2, 0) is 0 Å². The Labute approximate surface area is 200 Å². The molecule has 33 heavy (non-hydrogen) atoms. The fourth-order valence-electron chi connectivity index (χ4n) is 4.61. The van der Waals surface area contributed by atoms with E-state index in [1.165, 1.54) is 5.56 Å². The van der Waals surface area contributed by atoms with Crippen LogP contribution in [0.25, 0.3) is 5.70 Å². The van der Waals surface area contributed by atoms with E-state index >= 15 is 0 Å². The number of hydrogen-bond acceptors (Lipinski definition) is 5. The Morgan fingerprint density at radius 3 is 2.61 bits per heavy atom. The van der Waals surface area contributed by atoms with Crippen molar-refractivity contribution in [3.05, 3.63) is 105 Å². The Hall–Kier alpha value is -3.58. The largest absolute Gasteiger partial charge is 0.496 e. The van der Waals surface area contributed by atoms with Crippen molar-refractivity contribution in [3.63, 3.8) is 0 Å². The number of fused-ring (bicyclic) bond motifs is 3. The van der Waals surface area contributed by atoms with Gasteiger partial charge in [-0.2, -0.15) is 10.1 Å². The van der Waals surface area contributed by atoms with Crippen molar-refractivity contribution in [3.8, 4) is 11.5 Å². The molecular formula is C26H21BrN4O2. The van der Waals surface area contributed by atoms with Gasteiger partial charge in [0, 0.05) is 11.1 Å². The molecule has 2 atom stereocenters. The first kappa shape index (κ1) is 20.1. The van der Waals surface area contributed by atoms with Crippen molar-refractivity contribution in [2.24, 2.45) is 0 Å². The first-order valence-corrected chi connectivity index (χ1v) is 11.5. The summed E-state index contributed by atoms with van der Waals surface area (Å²) in [5.74, 6) is 2.32. The van der Waals surface area contributed by atoms with Gasteiger partial charge in [-0.25, -0.2) is 4.68 Å². The molecule has 0 saturated carbocycles. The molecule has 6 rings (SSSR count). The first-order chi connectivity index (χ1) is 16.1. The molecule has 0 spiro atoms. The average molecular weight is 501 g/mol. The lowest BCUT2D eigenvalue weighted by atomic mass is 9.84. The summed E-state index contributed by atoms with van der Waals surface area (Å²) in [7, 11) is 1.67. The molecule has 3 aromatic carbocycles. The number of methoxy groups -OCH3 is 1.